The van der Waals surface area contributed by atoms with Gasteiger partial charge < -0.3 is 15.7 Å². The molecule has 0 saturated heterocycles. The van der Waals surface area contributed by atoms with Crippen molar-refractivity contribution in [1.82, 2.24) is 10.6 Å². The van der Waals surface area contributed by atoms with Crippen LogP contribution in [0.5, 0.6) is 0 Å². The number of nitrogens with one attached hydrogen (secondary N) is 2. The van der Waals surface area contributed by atoms with Crippen molar-refractivity contribution in [2.45, 2.75) is 45.7 Å². The summed E-state index contributed by atoms with van der Waals surface area (Å²) in [5, 5.41) is 15.0. The van der Waals surface area contributed by atoms with Crippen LogP contribution in [0.2, 0.25) is 5.02 Å². The van der Waals surface area contributed by atoms with E-state index in [4.69, 9.17) is 16.7 Å². The summed E-state index contributed by atoms with van der Waals surface area (Å²) >= 11 is 5.81. The van der Waals surface area contributed by atoms with Crippen LogP contribution in [-0.2, 0) is 4.79 Å². The Balaban J connectivity index is 2.68. The van der Waals surface area contributed by atoms with Crippen LogP contribution in [-0.4, -0.2) is 35.6 Å². The van der Waals surface area contributed by atoms with Crippen LogP contribution in [0.3, 0.4) is 0 Å². The molecule has 23 heavy (non-hydrogen) atoms. The molecule has 0 aliphatic heterocycles. The van der Waals surface area contributed by atoms with Crippen molar-refractivity contribution < 1.29 is 14.7 Å². The number of aliphatic hydroxyl groups excluding tert-OH is 1. The second kappa shape index (κ2) is 9.53. The largest absolute Gasteiger partial charge is 0.396 e. The third-order valence-corrected chi connectivity index (χ3v) is 3.78. The quantitative estimate of drug-likeness (QED) is 0.679. The van der Waals surface area contributed by atoms with Crippen LogP contribution < -0.4 is 10.6 Å². The zero-order valence-corrected chi connectivity index (χ0v) is 14.6. The number of carbonyl (C=O) groups is 2. The normalized spacial score (nSPS) is 13.5. The van der Waals surface area contributed by atoms with Crippen LogP contribution in [0.25, 0.3) is 0 Å². The Bertz CT molecular complexity index is 517. The van der Waals surface area contributed by atoms with Gasteiger partial charge in [0, 0.05) is 23.2 Å². The highest BCUT2D eigenvalue weighted by atomic mass is 35.5. The number of benzene rings is 1. The fraction of sp³-hybridized carbons (Fsp3) is 0.529. The first-order valence-corrected chi connectivity index (χ1v) is 8.20. The first kappa shape index (κ1) is 19.5. The van der Waals surface area contributed by atoms with E-state index in [1.165, 1.54) is 0 Å². The number of aliphatic hydroxyl groups is 1. The second-order valence-corrected chi connectivity index (χ2v) is 6.41. The minimum atomic E-state index is -0.616. The molecule has 0 aliphatic rings. The van der Waals surface area contributed by atoms with Crippen LogP contribution in [0.15, 0.2) is 24.3 Å². The smallest absolute Gasteiger partial charge is 0.251 e. The standard InChI is InChI=1S/C17H25ClN2O3/c1-11(2)15(17(23)19-12(3)5-4-10-21)20-16(22)13-6-8-14(18)9-7-13/h6-9,11-12,15,21H,4-5,10H2,1-3H3,(H,19,23)(H,20,22). The van der Waals surface area contributed by atoms with Gasteiger partial charge in [0.1, 0.15) is 6.04 Å². The molecule has 1 rings (SSSR count). The lowest BCUT2D eigenvalue weighted by atomic mass is 10.0. The van der Waals surface area contributed by atoms with Gasteiger partial charge in [-0.25, -0.2) is 0 Å². The van der Waals surface area contributed by atoms with E-state index in [1.54, 1.807) is 24.3 Å². The Labute approximate surface area is 142 Å². The van der Waals surface area contributed by atoms with E-state index in [1.807, 2.05) is 20.8 Å². The molecule has 0 spiro atoms. The molecule has 2 atom stereocenters. The molecule has 3 N–H and O–H groups in total. The molecule has 6 heteroatoms. The van der Waals surface area contributed by atoms with Gasteiger partial charge in [0.2, 0.25) is 5.91 Å². The molecule has 0 fully saturated rings. The number of hydrogen-bond acceptors (Lipinski definition) is 3. The Hall–Kier alpha value is -1.59. The molecular formula is C17H25ClN2O3. The van der Waals surface area contributed by atoms with E-state index in [0.717, 1.165) is 0 Å². The first-order chi connectivity index (χ1) is 10.8. The van der Waals surface area contributed by atoms with E-state index < -0.39 is 6.04 Å². The van der Waals surface area contributed by atoms with E-state index in [9.17, 15) is 9.59 Å². The molecule has 0 aliphatic carbocycles. The maximum atomic E-state index is 12.4. The number of halogens is 1. The fourth-order valence-corrected chi connectivity index (χ4v) is 2.29. The molecule has 0 saturated carbocycles. The van der Waals surface area contributed by atoms with Crippen LogP contribution in [0.4, 0.5) is 0 Å². The minimum absolute atomic E-state index is 0.0451. The van der Waals surface area contributed by atoms with Crippen molar-refractivity contribution >= 4 is 23.4 Å². The molecule has 128 valence electrons. The minimum Gasteiger partial charge on any atom is -0.396 e. The third-order valence-electron chi connectivity index (χ3n) is 3.53. The van der Waals surface area contributed by atoms with E-state index in [0.29, 0.717) is 23.4 Å². The molecule has 1 aromatic rings. The summed E-state index contributed by atoms with van der Waals surface area (Å²) in [6.45, 7) is 5.74. The lowest BCUT2D eigenvalue weighted by molar-refractivity contribution is -0.124. The zero-order chi connectivity index (χ0) is 17.4. The van der Waals surface area contributed by atoms with E-state index >= 15 is 0 Å². The number of hydrogen-bond donors (Lipinski definition) is 3. The predicted octanol–water partition coefficient (Wildman–Crippen LogP) is 2.37. The number of amides is 2. The Kier molecular flexibility index (Phi) is 8.06. The molecule has 2 unspecified atom stereocenters. The zero-order valence-electron chi connectivity index (χ0n) is 13.8. The summed E-state index contributed by atoms with van der Waals surface area (Å²) in [6, 6.07) is 5.85. The second-order valence-electron chi connectivity index (χ2n) is 5.98. The van der Waals surface area contributed by atoms with Gasteiger partial charge in [-0.15, -0.1) is 0 Å². The molecule has 0 radical (unpaired) electrons. The average molecular weight is 341 g/mol. The van der Waals surface area contributed by atoms with Crippen molar-refractivity contribution in [1.29, 1.82) is 0 Å². The lowest BCUT2D eigenvalue weighted by Crippen LogP contribution is -2.51. The highest BCUT2D eigenvalue weighted by molar-refractivity contribution is 6.30. The molecule has 0 aromatic heterocycles. The van der Waals surface area contributed by atoms with Gasteiger partial charge in [-0.2, -0.15) is 0 Å². The van der Waals surface area contributed by atoms with E-state index in [-0.39, 0.29) is 30.4 Å². The van der Waals surface area contributed by atoms with Crippen LogP contribution >= 0.6 is 11.6 Å². The Morgan fingerprint density at radius 3 is 2.26 bits per heavy atom. The van der Waals surface area contributed by atoms with Gasteiger partial charge in [-0.05, 0) is 49.9 Å². The maximum absolute atomic E-state index is 12.4. The van der Waals surface area contributed by atoms with Crippen LogP contribution in [0.1, 0.15) is 44.0 Å². The van der Waals surface area contributed by atoms with Crippen molar-refractivity contribution in [2.75, 3.05) is 6.61 Å². The molecule has 0 bridgehead atoms. The summed E-state index contributed by atoms with van der Waals surface area (Å²) in [6.07, 6.45) is 1.32. The molecule has 2 amide bonds. The predicted molar refractivity (Wildman–Crippen MR) is 91.5 cm³/mol. The fourth-order valence-electron chi connectivity index (χ4n) is 2.16. The number of carbonyl (C=O) groups excluding carboxylic acids is 2. The molecular weight excluding hydrogens is 316 g/mol. The summed E-state index contributed by atoms with van der Waals surface area (Å²) in [5.41, 5.74) is 0.459. The summed E-state index contributed by atoms with van der Waals surface area (Å²) in [7, 11) is 0. The Morgan fingerprint density at radius 2 is 1.74 bits per heavy atom. The molecule has 5 nitrogen and oxygen atoms in total. The van der Waals surface area contributed by atoms with Gasteiger partial charge >= 0.3 is 0 Å². The maximum Gasteiger partial charge on any atom is 0.251 e. The first-order valence-electron chi connectivity index (χ1n) is 7.82. The van der Waals surface area contributed by atoms with Gasteiger partial charge in [0.05, 0.1) is 0 Å². The SMILES string of the molecule is CC(CCCO)NC(=O)C(NC(=O)c1ccc(Cl)cc1)C(C)C. The van der Waals surface area contributed by atoms with Gasteiger partial charge in [-0.3, -0.25) is 9.59 Å². The number of rotatable bonds is 8. The van der Waals surface area contributed by atoms with Gasteiger partial charge in [-0.1, -0.05) is 25.4 Å². The van der Waals surface area contributed by atoms with E-state index in [2.05, 4.69) is 10.6 Å². The van der Waals surface area contributed by atoms with Crippen molar-refractivity contribution in [3.05, 3.63) is 34.9 Å². The molecule has 0 heterocycles. The highest BCUT2D eigenvalue weighted by Gasteiger charge is 2.25. The topological polar surface area (TPSA) is 78.4 Å². The van der Waals surface area contributed by atoms with Gasteiger partial charge in [0.15, 0.2) is 0 Å². The average Bonchev–Trinajstić information content (AvgIpc) is 2.50. The van der Waals surface area contributed by atoms with Gasteiger partial charge in [0.25, 0.3) is 5.91 Å². The van der Waals surface area contributed by atoms with Crippen molar-refractivity contribution in [2.24, 2.45) is 5.92 Å². The monoisotopic (exact) mass is 340 g/mol. The lowest BCUT2D eigenvalue weighted by Gasteiger charge is -2.24. The van der Waals surface area contributed by atoms with Crippen molar-refractivity contribution in [3.8, 4) is 0 Å². The van der Waals surface area contributed by atoms with Crippen LogP contribution in [0, 0.1) is 5.92 Å². The highest BCUT2D eigenvalue weighted by Crippen LogP contribution is 2.11. The Morgan fingerprint density at radius 1 is 1.13 bits per heavy atom. The summed E-state index contributed by atoms with van der Waals surface area (Å²) < 4.78 is 0. The summed E-state index contributed by atoms with van der Waals surface area (Å²) in [4.78, 5) is 24.6. The third kappa shape index (κ3) is 6.59. The summed E-state index contributed by atoms with van der Waals surface area (Å²) in [5.74, 6) is -0.567. The molecule has 1 aromatic carbocycles. The van der Waals surface area contributed by atoms with Crippen molar-refractivity contribution in [3.63, 3.8) is 0 Å².